The summed E-state index contributed by atoms with van der Waals surface area (Å²) in [6, 6.07) is 17.5. The van der Waals surface area contributed by atoms with Gasteiger partial charge in [0.2, 0.25) is 11.8 Å². The van der Waals surface area contributed by atoms with Crippen LogP contribution in [0.5, 0.6) is 0 Å². The van der Waals surface area contributed by atoms with Crippen molar-refractivity contribution in [3.8, 4) is 0 Å². The summed E-state index contributed by atoms with van der Waals surface area (Å²) in [6.07, 6.45) is 3.17. The predicted octanol–water partition coefficient (Wildman–Crippen LogP) is 2.28. The SMILES string of the molecule is O=C1CN(CCc2ccccc2)C(=O)[C@H](Cc2c[nH]c3ccccc23)N1. The molecule has 1 aromatic heterocycles. The van der Waals surface area contributed by atoms with Crippen LogP contribution >= 0.6 is 0 Å². The number of para-hydroxylation sites is 1. The Morgan fingerprint density at radius 3 is 2.62 bits per heavy atom. The van der Waals surface area contributed by atoms with Gasteiger partial charge in [0.05, 0.1) is 6.54 Å². The first-order chi connectivity index (χ1) is 12.7. The number of amides is 2. The van der Waals surface area contributed by atoms with Gasteiger partial charge in [0.15, 0.2) is 0 Å². The molecule has 4 rings (SSSR count). The molecule has 26 heavy (non-hydrogen) atoms. The Hall–Kier alpha value is -3.08. The number of benzene rings is 2. The third-order valence-corrected chi connectivity index (χ3v) is 4.89. The second kappa shape index (κ2) is 7.04. The third-order valence-electron chi connectivity index (χ3n) is 4.89. The average Bonchev–Trinajstić information content (AvgIpc) is 3.07. The van der Waals surface area contributed by atoms with E-state index in [9.17, 15) is 9.59 Å². The maximum absolute atomic E-state index is 12.9. The van der Waals surface area contributed by atoms with Crippen molar-refractivity contribution in [2.24, 2.45) is 0 Å². The van der Waals surface area contributed by atoms with Crippen molar-refractivity contribution in [2.75, 3.05) is 13.1 Å². The van der Waals surface area contributed by atoms with Gasteiger partial charge in [-0.2, -0.15) is 0 Å². The quantitative estimate of drug-likeness (QED) is 0.744. The summed E-state index contributed by atoms with van der Waals surface area (Å²) in [5, 5.41) is 3.95. The van der Waals surface area contributed by atoms with Crippen LogP contribution in [0.2, 0.25) is 0 Å². The number of fused-ring (bicyclic) bond motifs is 1. The molecule has 0 unspecified atom stereocenters. The molecule has 1 atom stereocenters. The van der Waals surface area contributed by atoms with E-state index >= 15 is 0 Å². The number of H-pyrrole nitrogens is 1. The molecular formula is C21H21N3O2. The number of piperazine rings is 1. The second-order valence-electron chi connectivity index (χ2n) is 6.68. The van der Waals surface area contributed by atoms with Crippen molar-refractivity contribution in [3.63, 3.8) is 0 Å². The molecular weight excluding hydrogens is 326 g/mol. The Bertz CT molecular complexity index is 933. The van der Waals surface area contributed by atoms with Gasteiger partial charge in [0, 0.05) is 30.1 Å². The van der Waals surface area contributed by atoms with E-state index in [0.717, 1.165) is 22.9 Å². The lowest BCUT2D eigenvalue weighted by Crippen LogP contribution is -2.59. The Morgan fingerprint density at radius 2 is 1.77 bits per heavy atom. The topological polar surface area (TPSA) is 65.2 Å². The van der Waals surface area contributed by atoms with E-state index in [1.54, 1.807) is 4.90 Å². The number of rotatable bonds is 5. The zero-order valence-corrected chi connectivity index (χ0v) is 14.4. The molecule has 0 radical (unpaired) electrons. The molecule has 5 heteroatoms. The largest absolute Gasteiger partial charge is 0.361 e. The van der Waals surface area contributed by atoms with Crippen LogP contribution in [0.25, 0.3) is 10.9 Å². The van der Waals surface area contributed by atoms with Gasteiger partial charge < -0.3 is 15.2 Å². The number of aromatic nitrogens is 1. The molecule has 2 amide bonds. The molecule has 2 aromatic carbocycles. The lowest BCUT2D eigenvalue weighted by molar-refractivity contribution is -0.144. The van der Waals surface area contributed by atoms with Crippen LogP contribution in [0.3, 0.4) is 0 Å². The first kappa shape index (κ1) is 16.4. The first-order valence-corrected chi connectivity index (χ1v) is 8.88. The molecule has 1 fully saturated rings. The van der Waals surface area contributed by atoms with Crippen molar-refractivity contribution in [1.82, 2.24) is 15.2 Å². The molecule has 0 saturated carbocycles. The normalized spacial score (nSPS) is 17.5. The zero-order chi connectivity index (χ0) is 17.9. The number of carbonyl (C=O) groups is 2. The van der Waals surface area contributed by atoms with Crippen molar-refractivity contribution in [3.05, 3.63) is 71.9 Å². The number of carbonyl (C=O) groups excluding carboxylic acids is 2. The van der Waals surface area contributed by atoms with E-state index in [1.165, 1.54) is 5.56 Å². The standard InChI is InChI=1S/C21H21N3O2/c25-20-14-24(11-10-15-6-2-1-3-7-15)21(26)19(23-20)12-16-13-22-18-9-5-4-8-17(16)18/h1-9,13,19,22H,10-12,14H2,(H,23,25)/t19-/m0/s1. The Balaban J connectivity index is 1.47. The van der Waals surface area contributed by atoms with Crippen LogP contribution in [0, 0.1) is 0 Å². The number of aromatic amines is 1. The number of hydrogen-bond donors (Lipinski definition) is 2. The van der Waals surface area contributed by atoms with Gasteiger partial charge in [-0.05, 0) is 23.6 Å². The predicted molar refractivity (Wildman–Crippen MR) is 101 cm³/mol. The molecule has 1 saturated heterocycles. The Labute approximate surface area is 152 Å². The van der Waals surface area contributed by atoms with Gasteiger partial charge in [-0.1, -0.05) is 48.5 Å². The lowest BCUT2D eigenvalue weighted by Gasteiger charge is -2.32. The minimum Gasteiger partial charge on any atom is -0.361 e. The number of nitrogens with one attached hydrogen (secondary N) is 2. The highest BCUT2D eigenvalue weighted by Gasteiger charge is 2.32. The second-order valence-corrected chi connectivity index (χ2v) is 6.68. The van der Waals surface area contributed by atoms with E-state index in [-0.39, 0.29) is 18.4 Å². The van der Waals surface area contributed by atoms with Crippen molar-refractivity contribution < 1.29 is 9.59 Å². The third kappa shape index (κ3) is 3.33. The minimum atomic E-state index is -0.508. The Morgan fingerprint density at radius 1 is 1.00 bits per heavy atom. The number of hydrogen-bond acceptors (Lipinski definition) is 2. The van der Waals surface area contributed by atoms with Gasteiger partial charge in [-0.25, -0.2) is 0 Å². The van der Waals surface area contributed by atoms with E-state index in [1.807, 2.05) is 60.8 Å². The van der Waals surface area contributed by atoms with Crippen molar-refractivity contribution in [2.45, 2.75) is 18.9 Å². The van der Waals surface area contributed by atoms with Gasteiger partial charge in [-0.3, -0.25) is 9.59 Å². The van der Waals surface area contributed by atoms with E-state index in [2.05, 4.69) is 10.3 Å². The fourth-order valence-corrected chi connectivity index (χ4v) is 3.53. The molecule has 5 nitrogen and oxygen atoms in total. The summed E-state index contributed by atoms with van der Waals surface area (Å²) in [7, 11) is 0. The molecule has 1 aliphatic rings. The van der Waals surface area contributed by atoms with E-state index < -0.39 is 6.04 Å². The van der Waals surface area contributed by atoms with Crippen LogP contribution in [-0.2, 0) is 22.4 Å². The van der Waals surface area contributed by atoms with Crippen molar-refractivity contribution in [1.29, 1.82) is 0 Å². The summed E-state index contributed by atoms with van der Waals surface area (Å²) in [5.41, 5.74) is 3.25. The van der Waals surface area contributed by atoms with Gasteiger partial charge in [0.25, 0.3) is 0 Å². The van der Waals surface area contributed by atoms with Gasteiger partial charge in [0.1, 0.15) is 6.04 Å². The molecule has 0 spiro atoms. The fraction of sp³-hybridized carbons (Fsp3) is 0.238. The molecule has 2 N–H and O–H groups in total. The van der Waals surface area contributed by atoms with Crippen LogP contribution in [0.15, 0.2) is 60.8 Å². The van der Waals surface area contributed by atoms with Crippen LogP contribution < -0.4 is 5.32 Å². The maximum atomic E-state index is 12.9. The van der Waals surface area contributed by atoms with Gasteiger partial charge >= 0.3 is 0 Å². The average molecular weight is 347 g/mol. The summed E-state index contributed by atoms with van der Waals surface area (Å²) in [4.78, 5) is 29.9. The van der Waals surface area contributed by atoms with E-state index in [4.69, 9.17) is 0 Å². The highest BCUT2D eigenvalue weighted by molar-refractivity contribution is 5.95. The first-order valence-electron chi connectivity index (χ1n) is 8.88. The fourth-order valence-electron chi connectivity index (χ4n) is 3.53. The summed E-state index contributed by atoms with van der Waals surface area (Å²) in [6.45, 7) is 0.691. The highest BCUT2D eigenvalue weighted by atomic mass is 16.2. The van der Waals surface area contributed by atoms with Crippen LogP contribution in [0.4, 0.5) is 0 Å². The molecule has 1 aliphatic heterocycles. The van der Waals surface area contributed by atoms with Crippen LogP contribution in [-0.4, -0.2) is 40.8 Å². The summed E-state index contributed by atoms with van der Waals surface area (Å²) >= 11 is 0. The monoisotopic (exact) mass is 347 g/mol. The summed E-state index contributed by atoms with van der Waals surface area (Å²) in [5.74, 6) is -0.103. The highest BCUT2D eigenvalue weighted by Crippen LogP contribution is 2.20. The zero-order valence-electron chi connectivity index (χ0n) is 14.4. The lowest BCUT2D eigenvalue weighted by atomic mass is 10.0. The Kier molecular flexibility index (Phi) is 4.44. The number of nitrogens with zero attached hydrogens (tertiary/aromatic N) is 1. The molecule has 2 heterocycles. The maximum Gasteiger partial charge on any atom is 0.245 e. The van der Waals surface area contributed by atoms with Gasteiger partial charge in [-0.15, -0.1) is 0 Å². The molecule has 3 aromatic rings. The molecule has 0 aliphatic carbocycles. The molecule has 132 valence electrons. The smallest absolute Gasteiger partial charge is 0.245 e. The van der Waals surface area contributed by atoms with E-state index in [0.29, 0.717) is 13.0 Å². The summed E-state index contributed by atoms with van der Waals surface area (Å²) < 4.78 is 0. The minimum absolute atomic E-state index is 0.00851. The van der Waals surface area contributed by atoms with Crippen molar-refractivity contribution >= 4 is 22.7 Å². The van der Waals surface area contributed by atoms with Crippen LogP contribution in [0.1, 0.15) is 11.1 Å². The molecule has 0 bridgehead atoms.